The predicted molar refractivity (Wildman–Crippen MR) is 84.6 cm³/mol. The zero-order chi connectivity index (χ0) is 15.7. The second-order valence-electron chi connectivity index (χ2n) is 4.24. The normalized spacial score (nSPS) is 10.7. The molecule has 2 aromatic heterocycles. The molecule has 3 aromatic rings. The lowest BCUT2D eigenvalue weighted by Crippen LogP contribution is -2.12. The summed E-state index contributed by atoms with van der Waals surface area (Å²) in [5.41, 5.74) is 0.829. The monoisotopic (exact) mass is 354 g/mol. The zero-order valence-corrected chi connectivity index (χ0v) is 13.5. The summed E-state index contributed by atoms with van der Waals surface area (Å²) in [4.78, 5) is 16.3. The quantitative estimate of drug-likeness (QED) is 0.766. The SMILES string of the molecule is Cc1nc(-c2nnc(NC(=O)c3ccc(Cl)cc3Cl)o2)cs1. The Morgan fingerprint density at radius 2 is 2.14 bits per heavy atom. The summed E-state index contributed by atoms with van der Waals surface area (Å²) in [5.74, 6) is -0.229. The van der Waals surface area contributed by atoms with E-state index in [1.807, 2.05) is 6.92 Å². The van der Waals surface area contributed by atoms with Gasteiger partial charge in [-0.15, -0.1) is 16.4 Å². The minimum absolute atomic E-state index is 0.0309. The van der Waals surface area contributed by atoms with Crippen molar-refractivity contribution in [1.29, 1.82) is 0 Å². The molecule has 0 saturated heterocycles. The van der Waals surface area contributed by atoms with Crippen LogP contribution in [0.2, 0.25) is 10.0 Å². The van der Waals surface area contributed by atoms with E-state index in [2.05, 4.69) is 20.5 Å². The van der Waals surface area contributed by atoms with Gasteiger partial charge >= 0.3 is 6.01 Å². The van der Waals surface area contributed by atoms with E-state index in [0.29, 0.717) is 10.7 Å². The summed E-state index contributed by atoms with van der Waals surface area (Å²) < 4.78 is 5.36. The van der Waals surface area contributed by atoms with E-state index < -0.39 is 5.91 Å². The van der Waals surface area contributed by atoms with E-state index in [4.69, 9.17) is 27.6 Å². The van der Waals surface area contributed by atoms with Gasteiger partial charge in [0.15, 0.2) is 0 Å². The summed E-state index contributed by atoms with van der Waals surface area (Å²) in [5, 5.41) is 13.4. The standard InChI is InChI=1S/C13H8Cl2N4O2S/c1-6-16-10(5-22-6)12-18-19-13(21-12)17-11(20)8-3-2-7(14)4-9(8)15/h2-5H,1H3,(H,17,19,20). The van der Waals surface area contributed by atoms with Gasteiger partial charge in [0.25, 0.3) is 11.8 Å². The summed E-state index contributed by atoms with van der Waals surface area (Å²) in [6.07, 6.45) is 0. The number of benzene rings is 1. The third-order valence-corrected chi connectivity index (χ3v) is 3.98. The predicted octanol–water partition coefficient (Wildman–Crippen LogP) is 4.06. The first kappa shape index (κ1) is 15.0. The number of amides is 1. The maximum atomic E-state index is 12.1. The summed E-state index contributed by atoms with van der Waals surface area (Å²) in [6.45, 7) is 1.87. The number of thiazole rings is 1. The Hall–Kier alpha value is -1.96. The maximum Gasteiger partial charge on any atom is 0.322 e. The lowest BCUT2D eigenvalue weighted by atomic mass is 10.2. The molecule has 0 bridgehead atoms. The number of carbonyl (C=O) groups excluding carboxylic acids is 1. The molecule has 0 aliphatic heterocycles. The molecule has 1 aromatic carbocycles. The molecule has 0 spiro atoms. The van der Waals surface area contributed by atoms with Crippen molar-refractivity contribution in [3.63, 3.8) is 0 Å². The van der Waals surface area contributed by atoms with Crippen LogP contribution in [0, 0.1) is 6.92 Å². The number of aromatic nitrogens is 3. The van der Waals surface area contributed by atoms with Crippen molar-refractivity contribution in [2.75, 3.05) is 5.32 Å². The zero-order valence-electron chi connectivity index (χ0n) is 11.1. The fourth-order valence-electron chi connectivity index (χ4n) is 1.68. The maximum absolute atomic E-state index is 12.1. The van der Waals surface area contributed by atoms with Gasteiger partial charge in [-0.2, -0.15) is 0 Å². The van der Waals surface area contributed by atoms with E-state index in [0.717, 1.165) is 5.01 Å². The Bertz CT molecular complexity index is 846. The largest absolute Gasteiger partial charge is 0.401 e. The van der Waals surface area contributed by atoms with E-state index in [-0.39, 0.29) is 22.5 Å². The van der Waals surface area contributed by atoms with Crippen LogP contribution in [0.1, 0.15) is 15.4 Å². The second-order valence-corrected chi connectivity index (χ2v) is 6.15. The Labute approximate surface area is 139 Å². The Balaban J connectivity index is 1.79. The van der Waals surface area contributed by atoms with Crippen LogP contribution in [0.25, 0.3) is 11.6 Å². The molecule has 2 heterocycles. The van der Waals surface area contributed by atoms with Crippen molar-refractivity contribution in [2.24, 2.45) is 0 Å². The molecule has 1 amide bonds. The van der Waals surface area contributed by atoms with E-state index in [1.54, 1.807) is 11.4 Å². The number of hydrogen-bond acceptors (Lipinski definition) is 6. The molecular weight excluding hydrogens is 347 g/mol. The van der Waals surface area contributed by atoms with Gasteiger partial charge in [-0.1, -0.05) is 28.3 Å². The molecule has 0 atom stereocenters. The first-order chi connectivity index (χ1) is 10.5. The first-order valence-corrected chi connectivity index (χ1v) is 7.69. The average molecular weight is 355 g/mol. The minimum Gasteiger partial charge on any atom is -0.401 e. The topological polar surface area (TPSA) is 80.9 Å². The van der Waals surface area contributed by atoms with Crippen molar-refractivity contribution in [3.8, 4) is 11.6 Å². The molecule has 9 heteroatoms. The highest BCUT2D eigenvalue weighted by Gasteiger charge is 2.16. The van der Waals surface area contributed by atoms with Crippen LogP contribution in [-0.2, 0) is 0 Å². The Morgan fingerprint density at radius 3 is 2.82 bits per heavy atom. The van der Waals surface area contributed by atoms with Gasteiger partial charge in [0.1, 0.15) is 5.69 Å². The smallest absolute Gasteiger partial charge is 0.322 e. The van der Waals surface area contributed by atoms with Gasteiger partial charge in [0.05, 0.1) is 15.6 Å². The second kappa shape index (κ2) is 6.04. The molecule has 6 nitrogen and oxygen atoms in total. The number of hydrogen-bond donors (Lipinski definition) is 1. The molecule has 112 valence electrons. The first-order valence-electron chi connectivity index (χ1n) is 6.05. The van der Waals surface area contributed by atoms with E-state index in [9.17, 15) is 4.79 Å². The summed E-state index contributed by atoms with van der Waals surface area (Å²) in [6, 6.07) is 4.53. The number of rotatable bonds is 3. The molecule has 0 aliphatic carbocycles. The fourth-order valence-corrected chi connectivity index (χ4v) is 2.76. The highest BCUT2D eigenvalue weighted by Crippen LogP contribution is 2.24. The molecule has 22 heavy (non-hydrogen) atoms. The van der Waals surface area contributed by atoms with Crippen LogP contribution in [0.3, 0.4) is 0 Å². The van der Waals surface area contributed by atoms with Crippen molar-refractivity contribution < 1.29 is 9.21 Å². The molecule has 0 radical (unpaired) electrons. The van der Waals surface area contributed by atoms with Crippen LogP contribution in [-0.4, -0.2) is 21.1 Å². The third kappa shape index (κ3) is 3.11. The van der Waals surface area contributed by atoms with Gasteiger partial charge in [-0.25, -0.2) is 4.98 Å². The molecule has 0 unspecified atom stereocenters. The minimum atomic E-state index is -0.466. The van der Waals surface area contributed by atoms with Crippen LogP contribution in [0.5, 0.6) is 0 Å². The third-order valence-electron chi connectivity index (χ3n) is 2.66. The van der Waals surface area contributed by atoms with Crippen molar-refractivity contribution >= 4 is 46.5 Å². The van der Waals surface area contributed by atoms with Crippen LogP contribution < -0.4 is 5.32 Å². The fraction of sp³-hybridized carbons (Fsp3) is 0.0769. The number of nitrogens with one attached hydrogen (secondary N) is 1. The van der Waals surface area contributed by atoms with Gasteiger partial charge < -0.3 is 4.42 Å². The Morgan fingerprint density at radius 1 is 1.32 bits per heavy atom. The molecular formula is C13H8Cl2N4O2S. The molecule has 0 fully saturated rings. The van der Waals surface area contributed by atoms with Gasteiger partial charge in [-0.3, -0.25) is 10.1 Å². The van der Waals surface area contributed by atoms with Crippen LogP contribution >= 0.6 is 34.5 Å². The van der Waals surface area contributed by atoms with Gasteiger partial charge in [0, 0.05) is 10.4 Å². The van der Waals surface area contributed by atoms with E-state index in [1.165, 1.54) is 23.5 Å². The van der Waals surface area contributed by atoms with Crippen molar-refractivity contribution in [3.05, 3.63) is 44.2 Å². The van der Waals surface area contributed by atoms with E-state index >= 15 is 0 Å². The van der Waals surface area contributed by atoms with Gasteiger partial charge in [0.2, 0.25) is 0 Å². The van der Waals surface area contributed by atoms with Crippen LogP contribution in [0.15, 0.2) is 28.0 Å². The average Bonchev–Trinajstić information content (AvgIpc) is 3.07. The summed E-state index contributed by atoms with van der Waals surface area (Å²) >= 11 is 13.2. The number of aryl methyl sites for hydroxylation is 1. The molecule has 3 rings (SSSR count). The molecule has 0 aliphatic rings. The highest BCUT2D eigenvalue weighted by molar-refractivity contribution is 7.09. The molecule has 1 N–H and O–H groups in total. The van der Waals surface area contributed by atoms with Crippen molar-refractivity contribution in [2.45, 2.75) is 6.92 Å². The van der Waals surface area contributed by atoms with Crippen LogP contribution in [0.4, 0.5) is 6.01 Å². The highest BCUT2D eigenvalue weighted by atomic mass is 35.5. The number of carbonyl (C=O) groups is 1. The number of nitrogens with zero attached hydrogens (tertiary/aromatic N) is 3. The Kier molecular flexibility index (Phi) is 4.10. The summed E-state index contributed by atoms with van der Waals surface area (Å²) in [7, 11) is 0. The molecule has 0 saturated carbocycles. The number of halogens is 2. The van der Waals surface area contributed by atoms with Gasteiger partial charge in [-0.05, 0) is 25.1 Å². The number of anilines is 1. The van der Waals surface area contributed by atoms with Crippen molar-refractivity contribution in [1.82, 2.24) is 15.2 Å². The lowest BCUT2D eigenvalue weighted by molar-refractivity contribution is 0.102. The lowest BCUT2D eigenvalue weighted by Gasteiger charge is -2.03.